The van der Waals surface area contributed by atoms with Crippen molar-refractivity contribution in [1.82, 2.24) is 14.1 Å². The Morgan fingerprint density at radius 3 is 1.91 bits per heavy atom. The van der Waals surface area contributed by atoms with Gasteiger partial charge < -0.3 is 9.15 Å². The molecule has 15 rings (SSSR count). The highest BCUT2D eigenvalue weighted by molar-refractivity contribution is 6.10. The van der Waals surface area contributed by atoms with E-state index in [9.17, 15) is 2.74 Å². The summed E-state index contributed by atoms with van der Waals surface area (Å²) in [6.07, 6.45) is 5.84. The number of pyridine rings is 1. The highest BCUT2D eigenvalue weighted by atomic mass is 16.5. The Hall–Kier alpha value is -9.78. The quantitative estimate of drug-likeness (QED) is 0.123. The molecule has 384 valence electrons. The molecule has 0 saturated heterocycles. The predicted octanol–water partition coefficient (Wildman–Crippen LogP) is 19.1. The van der Waals surface area contributed by atoms with Gasteiger partial charge in [-0.15, -0.1) is 0 Å². The van der Waals surface area contributed by atoms with Crippen molar-refractivity contribution in [3.05, 3.63) is 248 Å². The fourth-order valence-electron chi connectivity index (χ4n) is 12.0. The fourth-order valence-corrected chi connectivity index (χ4v) is 12.0. The number of para-hydroxylation sites is 2. The number of fused-ring (bicyclic) bond motifs is 13. The smallest absolute Gasteiger partial charge is 0.269 e. The lowest BCUT2D eigenvalue weighted by atomic mass is 9.81. The zero-order valence-electron chi connectivity index (χ0n) is 50.2. The standard InChI is InChI=1S/C74H56N4O2/c1-73(2,3)49-35-36-75-70(42-49)78-65-29-16-14-27-58(65)59-33-32-53(44-66(59)78)79-52-22-18-21-51(43-52)76-45-77-71-61(47-31-34-69-62(37-47)60-28-15-17-30-68(60)80-69)40-50(74(4,5)6)41-64(71)57-26-13-11-24-55(57)54-23-10-12-25-56(54)63-38-48(39-67(76)72(63)77)46-19-8-7-9-20-46/h7-44H,1-6H3/i7D,8D,9D,19D,20D. The van der Waals surface area contributed by atoms with Crippen LogP contribution in [0.1, 0.15) is 59.5 Å². The van der Waals surface area contributed by atoms with E-state index in [1.54, 1.807) is 0 Å². The van der Waals surface area contributed by atoms with Gasteiger partial charge in [0, 0.05) is 33.8 Å². The van der Waals surface area contributed by atoms with Crippen molar-refractivity contribution in [2.75, 3.05) is 0 Å². The van der Waals surface area contributed by atoms with E-state index in [-0.39, 0.29) is 28.5 Å². The molecule has 0 spiro atoms. The maximum atomic E-state index is 9.38. The lowest BCUT2D eigenvalue weighted by Gasteiger charge is -2.26. The molecule has 0 saturated carbocycles. The monoisotopic (exact) mass is 1040 g/mol. The molecule has 14 aromatic rings. The zero-order valence-corrected chi connectivity index (χ0v) is 45.2. The van der Waals surface area contributed by atoms with Gasteiger partial charge in [-0.05, 0) is 150 Å². The van der Waals surface area contributed by atoms with E-state index in [1.165, 1.54) is 5.56 Å². The van der Waals surface area contributed by atoms with Crippen molar-refractivity contribution in [3.63, 3.8) is 0 Å². The number of hydrogen-bond donors (Lipinski definition) is 0. The molecule has 0 amide bonds. The van der Waals surface area contributed by atoms with Gasteiger partial charge in [0.15, 0.2) is 0 Å². The van der Waals surface area contributed by atoms with Gasteiger partial charge in [0.05, 0.1) is 40.3 Å². The van der Waals surface area contributed by atoms with Crippen LogP contribution in [0.15, 0.2) is 235 Å². The van der Waals surface area contributed by atoms with Crippen LogP contribution < -0.4 is 9.30 Å². The molecule has 0 N–H and O–H groups in total. The summed E-state index contributed by atoms with van der Waals surface area (Å²) >= 11 is 0. The maximum Gasteiger partial charge on any atom is 0.269 e. The summed E-state index contributed by atoms with van der Waals surface area (Å²) in [4.78, 5) is 4.92. The first kappa shape index (κ1) is 42.3. The molecule has 6 nitrogen and oxygen atoms in total. The number of imidazole rings is 1. The van der Waals surface area contributed by atoms with Crippen LogP contribution in [-0.4, -0.2) is 14.1 Å². The average Bonchev–Trinajstić information content (AvgIpc) is 1.82. The Bertz CT molecular complexity index is 5120. The minimum absolute atomic E-state index is 0.0847. The molecule has 10 aromatic carbocycles. The number of benzene rings is 10. The van der Waals surface area contributed by atoms with Crippen molar-refractivity contribution in [2.45, 2.75) is 52.4 Å². The summed E-state index contributed by atoms with van der Waals surface area (Å²) in [5.41, 5.74) is 16.9. The van der Waals surface area contributed by atoms with Gasteiger partial charge >= 0.3 is 0 Å². The molecule has 1 aliphatic heterocycles. The second-order valence-electron chi connectivity index (χ2n) is 23.0. The van der Waals surface area contributed by atoms with E-state index in [0.29, 0.717) is 22.6 Å². The largest absolute Gasteiger partial charge is 0.458 e. The number of nitrogens with zero attached hydrogens (tertiary/aromatic N) is 4. The van der Waals surface area contributed by atoms with Gasteiger partial charge in [-0.3, -0.25) is 13.7 Å². The van der Waals surface area contributed by atoms with Crippen LogP contribution in [-0.2, 0) is 10.8 Å². The molecule has 0 radical (unpaired) electrons. The summed E-state index contributed by atoms with van der Waals surface area (Å²) < 4.78 is 64.9. The molecule has 80 heavy (non-hydrogen) atoms. The highest BCUT2D eigenvalue weighted by Crippen LogP contribution is 2.48. The minimum Gasteiger partial charge on any atom is -0.458 e. The zero-order chi connectivity index (χ0) is 58.4. The summed E-state index contributed by atoms with van der Waals surface area (Å²) in [7, 11) is 0. The molecule has 0 bridgehead atoms. The van der Waals surface area contributed by atoms with Gasteiger partial charge in [-0.2, -0.15) is 0 Å². The first-order valence-electron chi connectivity index (χ1n) is 29.7. The van der Waals surface area contributed by atoms with Gasteiger partial charge in [0.1, 0.15) is 28.5 Å². The Kier molecular flexibility index (Phi) is 9.45. The van der Waals surface area contributed by atoms with Crippen molar-refractivity contribution in [3.8, 4) is 84.3 Å². The van der Waals surface area contributed by atoms with E-state index < -0.39 is 18.1 Å². The van der Waals surface area contributed by atoms with E-state index in [0.717, 1.165) is 117 Å². The molecular weight excluding hydrogens is 977 g/mol. The van der Waals surface area contributed by atoms with Crippen LogP contribution >= 0.6 is 0 Å². The number of ether oxygens (including phenoxy) is 1. The van der Waals surface area contributed by atoms with Crippen molar-refractivity contribution in [2.24, 2.45) is 0 Å². The molecule has 0 fully saturated rings. The first-order valence-corrected chi connectivity index (χ1v) is 27.2. The molecule has 4 aromatic heterocycles. The molecule has 0 atom stereocenters. The Balaban J connectivity index is 1.01. The summed E-state index contributed by atoms with van der Waals surface area (Å²) in [5, 5.41) is 4.22. The molecule has 1 aliphatic rings. The number of rotatable bonds is 6. The third-order valence-corrected chi connectivity index (χ3v) is 16.0. The first-order chi connectivity index (χ1) is 41.0. The number of aromatic nitrogens is 4. The van der Waals surface area contributed by atoms with Crippen LogP contribution in [0.3, 0.4) is 0 Å². The Morgan fingerprint density at radius 2 is 1.14 bits per heavy atom. The van der Waals surface area contributed by atoms with Gasteiger partial charge in [-0.1, -0.05) is 187 Å². The third kappa shape index (κ3) is 7.69. The van der Waals surface area contributed by atoms with Gasteiger partial charge in [0.25, 0.3) is 6.33 Å². The maximum absolute atomic E-state index is 9.38. The summed E-state index contributed by atoms with van der Waals surface area (Å²) in [6.45, 7) is 13.4. The van der Waals surface area contributed by atoms with Crippen LogP contribution in [0.4, 0.5) is 0 Å². The van der Waals surface area contributed by atoms with E-state index >= 15 is 0 Å². The normalized spacial score (nSPS) is 13.2. The van der Waals surface area contributed by atoms with E-state index in [1.807, 2.05) is 77.5 Å². The van der Waals surface area contributed by atoms with Crippen LogP contribution in [0.5, 0.6) is 11.5 Å². The second kappa shape index (κ2) is 17.9. The Labute approximate surface area is 472 Å². The SMILES string of the molecule is [2H]c1c([2H])c([2H])c(-c2cc3c4c(c2)n(-c2cccc(Oc5ccc6c7ccccc7n(-c7cc(C(C)(C)C)ccn7)c6c5)c2)[c-][n+]4-c2c(-c4ccc5oc6ccccc6c5c4)cc(C(C)(C)C)cc2-c2ccccc2-c2ccccc2-3)c([2H])c1[2H]. The average molecular weight is 1040 g/mol. The van der Waals surface area contributed by atoms with Crippen LogP contribution in [0.2, 0.25) is 0 Å². The lowest BCUT2D eigenvalue weighted by Crippen LogP contribution is -2.32. The van der Waals surface area contributed by atoms with Gasteiger partial charge in [-0.25, -0.2) is 4.98 Å². The predicted molar refractivity (Wildman–Crippen MR) is 328 cm³/mol. The fraction of sp³-hybridized carbons (Fsp3) is 0.108. The Morgan fingerprint density at radius 1 is 0.475 bits per heavy atom. The lowest BCUT2D eigenvalue weighted by molar-refractivity contribution is -0.570. The summed E-state index contributed by atoms with van der Waals surface area (Å²) in [5.74, 6) is 2.04. The topological polar surface area (TPSA) is 49.0 Å². The minimum atomic E-state index is -0.452. The van der Waals surface area contributed by atoms with Crippen molar-refractivity contribution >= 4 is 54.8 Å². The highest BCUT2D eigenvalue weighted by Gasteiger charge is 2.30. The third-order valence-electron chi connectivity index (χ3n) is 16.0. The van der Waals surface area contributed by atoms with Crippen LogP contribution in [0.25, 0.3) is 128 Å². The summed E-state index contributed by atoms with van der Waals surface area (Å²) in [6, 6.07) is 65.1. The van der Waals surface area contributed by atoms with Gasteiger partial charge in [0.2, 0.25) is 0 Å². The van der Waals surface area contributed by atoms with E-state index in [2.05, 4.69) is 184 Å². The molecular formula is C74H56N4O2. The van der Waals surface area contributed by atoms with Crippen molar-refractivity contribution in [1.29, 1.82) is 0 Å². The molecule has 0 aliphatic carbocycles. The number of furan rings is 1. The van der Waals surface area contributed by atoms with E-state index in [4.69, 9.17) is 18.3 Å². The number of hydrogen-bond acceptors (Lipinski definition) is 3. The molecule has 6 heteroatoms. The molecule has 0 unspecified atom stereocenters. The van der Waals surface area contributed by atoms with Crippen molar-refractivity contribution < 1.29 is 20.6 Å². The van der Waals surface area contributed by atoms with Crippen LogP contribution in [0, 0.1) is 6.33 Å². The molecule has 5 heterocycles. The second-order valence-corrected chi connectivity index (χ2v) is 23.0.